The molecular formula is C26H19F2NO. The fraction of sp³-hybridized carbons (Fsp3) is 0.154. The van der Waals surface area contributed by atoms with Crippen LogP contribution in [0.3, 0.4) is 0 Å². The lowest BCUT2D eigenvalue weighted by molar-refractivity contribution is 0.143. The van der Waals surface area contributed by atoms with Gasteiger partial charge < -0.3 is 5.11 Å². The van der Waals surface area contributed by atoms with Gasteiger partial charge in [0.15, 0.2) is 0 Å². The Morgan fingerprint density at radius 3 is 1.80 bits per heavy atom. The molecule has 1 heterocycles. The molecule has 1 fully saturated rings. The molecule has 2 atom stereocenters. The number of hydrogen-bond donors (Lipinski definition) is 1. The number of rotatable bonds is 3. The molecule has 2 nitrogen and oxygen atoms in total. The average Bonchev–Trinajstić information content (AvgIpc) is 3.54. The second kappa shape index (κ2) is 8.51. The molecule has 1 aliphatic heterocycles. The number of benzene rings is 3. The molecule has 1 N–H and O–H groups in total. The average molecular weight is 399 g/mol. The van der Waals surface area contributed by atoms with E-state index in [2.05, 4.69) is 28.6 Å². The van der Waals surface area contributed by atoms with E-state index in [0.717, 1.165) is 5.56 Å². The predicted octanol–water partition coefficient (Wildman–Crippen LogP) is 3.98. The van der Waals surface area contributed by atoms with Gasteiger partial charge in [-0.3, -0.25) is 4.90 Å². The first kappa shape index (κ1) is 19.9. The summed E-state index contributed by atoms with van der Waals surface area (Å²) in [7, 11) is 0. The summed E-state index contributed by atoms with van der Waals surface area (Å²) in [6.45, 7) is 1.34. The van der Waals surface area contributed by atoms with Gasteiger partial charge >= 0.3 is 0 Å². The summed E-state index contributed by atoms with van der Waals surface area (Å²) >= 11 is 0. The maximum atomic E-state index is 13.1. The molecule has 148 valence electrons. The van der Waals surface area contributed by atoms with Crippen molar-refractivity contribution < 1.29 is 13.9 Å². The SMILES string of the molecule is OC(C#Cc1ccc(F)cc1)(C#Cc1ccc(F)cc1)C1CN1Cc1ccccc1. The van der Waals surface area contributed by atoms with Crippen molar-refractivity contribution in [1.82, 2.24) is 4.90 Å². The lowest BCUT2D eigenvalue weighted by Crippen LogP contribution is -2.34. The predicted molar refractivity (Wildman–Crippen MR) is 112 cm³/mol. The van der Waals surface area contributed by atoms with Crippen molar-refractivity contribution in [1.29, 1.82) is 0 Å². The van der Waals surface area contributed by atoms with Gasteiger partial charge in [-0.1, -0.05) is 42.2 Å². The second-order valence-corrected chi connectivity index (χ2v) is 7.21. The van der Waals surface area contributed by atoms with Crippen LogP contribution in [0.2, 0.25) is 0 Å². The van der Waals surface area contributed by atoms with E-state index in [1.54, 1.807) is 24.3 Å². The highest BCUT2D eigenvalue weighted by Gasteiger charge is 2.49. The zero-order chi connectivity index (χ0) is 21.0. The summed E-state index contributed by atoms with van der Waals surface area (Å²) in [4.78, 5) is 2.09. The Morgan fingerprint density at radius 2 is 1.30 bits per heavy atom. The third-order valence-corrected chi connectivity index (χ3v) is 4.91. The monoisotopic (exact) mass is 399 g/mol. The molecule has 0 aliphatic carbocycles. The van der Waals surface area contributed by atoms with Crippen LogP contribution >= 0.6 is 0 Å². The van der Waals surface area contributed by atoms with E-state index in [-0.39, 0.29) is 17.7 Å². The van der Waals surface area contributed by atoms with E-state index in [9.17, 15) is 13.9 Å². The number of aliphatic hydroxyl groups is 1. The standard InChI is InChI=1S/C26H19F2NO/c27-23-10-6-20(7-11-23)14-16-26(30,17-15-21-8-12-24(28)13-9-21)25-19-29(25)18-22-4-2-1-3-5-22/h1-13,25,30H,18-19H2. The number of hydrogen-bond acceptors (Lipinski definition) is 2. The summed E-state index contributed by atoms with van der Waals surface area (Å²) in [6, 6.07) is 21.3. The Morgan fingerprint density at radius 1 is 0.800 bits per heavy atom. The molecule has 1 saturated heterocycles. The molecule has 3 aromatic rings. The zero-order valence-electron chi connectivity index (χ0n) is 16.1. The van der Waals surface area contributed by atoms with Gasteiger partial charge in [-0.15, -0.1) is 0 Å². The van der Waals surface area contributed by atoms with Crippen molar-refractivity contribution in [3.05, 3.63) is 107 Å². The lowest BCUT2D eigenvalue weighted by atomic mass is 9.99. The van der Waals surface area contributed by atoms with Gasteiger partial charge in [0, 0.05) is 24.2 Å². The Hall–Kier alpha value is -3.44. The van der Waals surface area contributed by atoms with Crippen LogP contribution in [0, 0.1) is 35.3 Å². The van der Waals surface area contributed by atoms with Crippen LogP contribution in [0.4, 0.5) is 8.78 Å². The van der Waals surface area contributed by atoms with E-state index in [1.165, 1.54) is 24.3 Å². The molecule has 30 heavy (non-hydrogen) atoms. The molecule has 4 heteroatoms. The molecule has 0 bridgehead atoms. The minimum absolute atomic E-state index is 0.251. The molecule has 0 saturated carbocycles. The Bertz CT molecular complexity index is 1070. The van der Waals surface area contributed by atoms with Crippen molar-refractivity contribution in [2.45, 2.75) is 18.2 Å². The first-order valence-corrected chi connectivity index (χ1v) is 9.60. The first-order chi connectivity index (χ1) is 14.5. The molecule has 0 aromatic heterocycles. The van der Waals surface area contributed by atoms with Gasteiger partial charge in [-0.05, 0) is 65.9 Å². The number of halogens is 2. The van der Waals surface area contributed by atoms with Crippen molar-refractivity contribution >= 4 is 0 Å². The van der Waals surface area contributed by atoms with Crippen LogP contribution in [0.25, 0.3) is 0 Å². The van der Waals surface area contributed by atoms with Crippen molar-refractivity contribution in [2.75, 3.05) is 6.54 Å². The molecule has 2 unspecified atom stereocenters. The highest BCUT2D eigenvalue weighted by molar-refractivity contribution is 5.46. The first-order valence-electron chi connectivity index (χ1n) is 9.60. The van der Waals surface area contributed by atoms with Crippen LogP contribution in [-0.4, -0.2) is 28.2 Å². The Balaban J connectivity index is 1.60. The van der Waals surface area contributed by atoms with Crippen LogP contribution in [0.1, 0.15) is 16.7 Å². The minimum Gasteiger partial charge on any atom is -0.366 e. The summed E-state index contributed by atoms with van der Waals surface area (Å²) < 4.78 is 26.3. The van der Waals surface area contributed by atoms with E-state index < -0.39 is 5.60 Å². The van der Waals surface area contributed by atoms with Crippen molar-refractivity contribution in [3.63, 3.8) is 0 Å². The summed E-state index contributed by atoms with van der Waals surface area (Å²) in [5.41, 5.74) is 0.750. The van der Waals surface area contributed by atoms with E-state index in [1.807, 2.05) is 30.3 Å². The van der Waals surface area contributed by atoms with Crippen LogP contribution in [0.5, 0.6) is 0 Å². The van der Waals surface area contributed by atoms with Gasteiger partial charge in [0.1, 0.15) is 11.6 Å². The molecular weight excluding hydrogens is 380 g/mol. The quantitative estimate of drug-likeness (QED) is 0.532. The summed E-state index contributed by atoms with van der Waals surface area (Å²) in [6.07, 6.45) is 0. The van der Waals surface area contributed by atoms with Crippen molar-refractivity contribution in [2.24, 2.45) is 0 Å². The summed E-state index contributed by atoms with van der Waals surface area (Å²) in [5, 5.41) is 11.3. The van der Waals surface area contributed by atoms with Gasteiger partial charge in [0.05, 0.1) is 6.04 Å². The minimum atomic E-state index is -1.57. The van der Waals surface area contributed by atoms with Gasteiger partial charge in [-0.25, -0.2) is 8.78 Å². The number of nitrogens with zero attached hydrogens (tertiary/aromatic N) is 1. The summed E-state index contributed by atoms with van der Waals surface area (Å²) in [5.74, 6) is 10.9. The van der Waals surface area contributed by atoms with E-state index in [0.29, 0.717) is 24.2 Å². The van der Waals surface area contributed by atoms with Crippen LogP contribution in [-0.2, 0) is 6.54 Å². The van der Waals surface area contributed by atoms with Gasteiger partial charge in [0.2, 0.25) is 5.60 Å². The third-order valence-electron chi connectivity index (χ3n) is 4.91. The molecule has 4 rings (SSSR count). The molecule has 0 radical (unpaired) electrons. The zero-order valence-corrected chi connectivity index (χ0v) is 16.1. The topological polar surface area (TPSA) is 23.2 Å². The lowest BCUT2D eigenvalue weighted by Gasteiger charge is -2.16. The maximum Gasteiger partial charge on any atom is 0.205 e. The Kier molecular flexibility index (Phi) is 5.63. The normalized spacial score (nSPS) is 17.3. The van der Waals surface area contributed by atoms with Gasteiger partial charge in [0.25, 0.3) is 0 Å². The van der Waals surface area contributed by atoms with Crippen molar-refractivity contribution in [3.8, 4) is 23.7 Å². The molecule has 0 amide bonds. The molecule has 3 aromatic carbocycles. The van der Waals surface area contributed by atoms with E-state index in [4.69, 9.17) is 0 Å². The fourth-order valence-corrected chi connectivity index (χ4v) is 3.16. The highest BCUT2D eigenvalue weighted by atomic mass is 19.1. The van der Waals surface area contributed by atoms with Crippen LogP contribution in [0.15, 0.2) is 78.9 Å². The largest absolute Gasteiger partial charge is 0.366 e. The Labute approximate surface area is 174 Å². The maximum absolute atomic E-state index is 13.1. The smallest absolute Gasteiger partial charge is 0.205 e. The third kappa shape index (κ3) is 4.93. The van der Waals surface area contributed by atoms with Crippen LogP contribution < -0.4 is 0 Å². The molecule has 1 aliphatic rings. The fourth-order valence-electron chi connectivity index (χ4n) is 3.16. The molecule has 0 spiro atoms. The second-order valence-electron chi connectivity index (χ2n) is 7.21. The van der Waals surface area contributed by atoms with Gasteiger partial charge in [-0.2, -0.15) is 0 Å². The highest BCUT2D eigenvalue weighted by Crippen LogP contribution is 2.30. The van der Waals surface area contributed by atoms with E-state index >= 15 is 0 Å².